The largest absolute Gasteiger partial charge is 0.471 e. The molecule has 7 nitrogen and oxygen atoms in total. The molecule has 32 heavy (non-hydrogen) atoms. The van der Waals surface area contributed by atoms with Gasteiger partial charge in [0.1, 0.15) is 16.6 Å². The molecule has 0 unspecified atom stereocenters. The van der Waals surface area contributed by atoms with Crippen LogP contribution in [0.25, 0.3) is 0 Å². The summed E-state index contributed by atoms with van der Waals surface area (Å²) in [7, 11) is 0. The van der Waals surface area contributed by atoms with E-state index < -0.39 is 5.91 Å². The van der Waals surface area contributed by atoms with Gasteiger partial charge < -0.3 is 10.1 Å². The lowest BCUT2D eigenvalue weighted by atomic mass is 10.1. The van der Waals surface area contributed by atoms with Crippen molar-refractivity contribution in [2.45, 2.75) is 27.1 Å². The van der Waals surface area contributed by atoms with Gasteiger partial charge in [0.15, 0.2) is 18.2 Å². The first kappa shape index (κ1) is 21.6. The highest BCUT2D eigenvalue weighted by Gasteiger charge is 2.15. The van der Waals surface area contributed by atoms with Crippen LogP contribution in [0.2, 0.25) is 5.02 Å². The van der Waals surface area contributed by atoms with Crippen molar-refractivity contribution in [2.75, 3.05) is 5.32 Å². The fraction of sp³-hybridized carbons (Fsp3) is 0.174. The van der Waals surface area contributed by atoms with Crippen molar-refractivity contribution in [1.29, 1.82) is 0 Å². The molecule has 2 heterocycles. The monoisotopic (exact) mass is 453 g/mol. The predicted molar refractivity (Wildman–Crippen MR) is 119 cm³/mol. The summed E-state index contributed by atoms with van der Waals surface area (Å²) < 4.78 is 22.7. The van der Waals surface area contributed by atoms with E-state index in [4.69, 9.17) is 16.3 Å². The summed E-state index contributed by atoms with van der Waals surface area (Å²) in [6.45, 7) is 4.30. The van der Waals surface area contributed by atoms with E-state index in [1.807, 2.05) is 32.0 Å². The summed E-state index contributed by atoms with van der Waals surface area (Å²) in [5.41, 5.74) is 2.76. The van der Waals surface area contributed by atoms with Crippen LogP contribution >= 0.6 is 11.6 Å². The van der Waals surface area contributed by atoms with E-state index in [0.29, 0.717) is 5.56 Å². The van der Waals surface area contributed by atoms with Gasteiger partial charge in [-0.25, -0.2) is 9.07 Å². The highest BCUT2D eigenvalue weighted by Crippen LogP contribution is 2.22. The van der Waals surface area contributed by atoms with E-state index >= 15 is 0 Å². The van der Waals surface area contributed by atoms with Crippen LogP contribution in [0.3, 0.4) is 0 Å². The van der Waals surface area contributed by atoms with Gasteiger partial charge in [0.05, 0.1) is 6.54 Å². The molecule has 0 radical (unpaired) electrons. The molecule has 9 heteroatoms. The Balaban J connectivity index is 1.39. The molecule has 0 aliphatic carbocycles. The van der Waals surface area contributed by atoms with Gasteiger partial charge in [-0.1, -0.05) is 41.9 Å². The number of ether oxygens (including phenoxy) is 1. The highest BCUT2D eigenvalue weighted by atomic mass is 35.5. The standard InChI is InChI=1S/C23H21ClFN5O2/c1-15-7-8-16(2)21(11-15)32-14-29-10-9-20(27-29)23(31)26-22-18(24)13-30(28-22)12-17-5-3-4-6-19(17)25/h3-11,13H,12,14H2,1-2H3,(H,26,28,31). The fourth-order valence-corrected chi connectivity index (χ4v) is 3.29. The molecule has 0 aliphatic rings. The molecule has 2 aromatic carbocycles. The molecule has 0 fully saturated rings. The smallest absolute Gasteiger partial charge is 0.277 e. The van der Waals surface area contributed by atoms with Gasteiger partial charge in [-0.05, 0) is 43.2 Å². The second kappa shape index (κ2) is 9.23. The first-order chi connectivity index (χ1) is 15.4. The molecule has 0 bridgehead atoms. The van der Waals surface area contributed by atoms with Crippen molar-refractivity contribution >= 4 is 23.3 Å². The van der Waals surface area contributed by atoms with Crippen molar-refractivity contribution in [3.05, 3.63) is 94.1 Å². The minimum atomic E-state index is -0.464. The van der Waals surface area contributed by atoms with E-state index in [2.05, 4.69) is 15.5 Å². The molecule has 2 aromatic heterocycles. The van der Waals surface area contributed by atoms with E-state index in [9.17, 15) is 9.18 Å². The zero-order chi connectivity index (χ0) is 22.7. The molecular formula is C23H21ClFN5O2. The summed E-state index contributed by atoms with van der Waals surface area (Å²) in [4.78, 5) is 12.6. The quantitative estimate of drug-likeness (QED) is 0.435. The number of carbonyl (C=O) groups excluding carboxylic acids is 1. The van der Waals surface area contributed by atoms with Crippen molar-refractivity contribution < 1.29 is 13.9 Å². The molecule has 0 spiro atoms. The van der Waals surface area contributed by atoms with Crippen molar-refractivity contribution in [3.8, 4) is 5.75 Å². The fourth-order valence-electron chi connectivity index (χ4n) is 3.09. The second-order valence-corrected chi connectivity index (χ2v) is 7.76. The average Bonchev–Trinajstić information content (AvgIpc) is 3.37. The Morgan fingerprint density at radius 2 is 1.94 bits per heavy atom. The first-order valence-corrected chi connectivity index (χ1v) is 10.3. The van der Waals surface area contributed by atoms with E-state index in [-0.39, 0.29) is 35.6 Å². The Morgan fingerprint density at radius 3 is 2.75 bits per heavy atom. The maximum Gasteiger partial charge on any atom is 0.277 e. The van der Waals surface area contributed by atoms with Gasteiger partial charge in [0.25, 0.3) is 5.91 Å². The van der Waals surface area contributed by atoms with Crippen LogP contribution in [0.4, 0.5) is 10.2 Å². The van der Waals surface area contributed by atoms with Gasteiger partial charge in [-0.15, -0.1) is 0 Å². The van der Waals surface area contributed by atoms with Crippen molar-refractivity contribution in [3.63, 3.8) is 0 Å². The van der Waals surface area contributed by atoms with E-state index in [0.717, 1.165) is 16.9 Å². The Hall–Kier alpha value is -3.65. The van der Waals surface area contributed by atoms with Crippen LogP contribution in [-0.2, 0) is 13.3 Å². The number of hydrogen-bond acceptors (Lipinski definition) is 4. The molecule has 164 valence electrons. The molecular weight excluding hydrogens is 433 g/mol. The lowest BCUT2D eigenvalue weighted by molar-refractivity contribution is 0.101. The third kappa shape index (κ3) is 4.97. The number of amides is 1. The summed E-state index contributed by atoms with van der Waals surface area (Å²) in [5.74, 6) is 0.139. The predicted octanol–water partition coefficient (Wildman–Crippen LogP) is 4.83. The number of nitrogens with zero attached hydrogens (tertiary/aromatic N) is 4. The van der Waals surface area contributed by atoms with Crippen LogP contribution in [0.5, 0.6) is 5.75 Å². The Bertz CT molecular complexity index is 1270. The van der Waals surface area contributed by atoms with Gasteiger partial charge in [-0.2, -0.15) is 10.2 Å². The number of nitrogens with one attached hydrogen (secondary N) is 1. The molecule has 0 aliphatic heterocycles. The van der Waals surface area contributed by atoms with Gasteiger partial charge >= 0.3 is 0 Å². The first-order valence-electron chi connectivity index (χ1n) is 9.90. The number of aromatic nitrogens is 4. The lowest BCUT2D eigenvalue weighted by Gasteiger charge is -2.09. The van der Waals surface area contributed by atoms with Crippen LogP contribution in [0.15, 0.2) is 60.9 Å². The van der Waals surface area contributed by atoms with Crippen LogP contribution in [-0.4, -0.2) is 25.5 Å². The van der Waals surface area contributed by atoms with Crippen LogP contribution in [0, 0.1) is 19.7 Å². The Kier molecular flexibility index (Phi) is 6.23. The summed E-state index contributed by atoms with van der Waals surface area (Å²) >= 11 is 6.20. The van der Waals surface area contributed by atoms with Crippen LogP contribution < -0.4 is 10.1 Å². The summed E-state index contributed by atoms with van der Waals surface area (Å²) in [6.07, 6.45) is 3.18. The van der Waals surface area contributed by atoms with Crippen LogP contribution in [0.1, 0.15) is 27.2 Å². The maximum atomic E-state index is 13.9. The summed E-state index contributed by atoms with van der Waals surface area (Å²) in [5, 5.41) is 11.4. The minimum Gasteiger partial charge on any atom is -0.471 e. The van der Waals surface area contributed by atoms with E-state index in [1.54, 1.807) is 30.5 Å². The molecule has 4 rings (SSSR count). The number of benzene rings is 2. The zero-order valence-electron chi connectivity index (χ0n) is 17.5. The second-order valence-electron chi connectivity index (χ2n) is 7.35. The molecule has 4 aromatic rings. The molecule has 1 amide bonds. The van der Waals surface area contributed by atoms with Gasteiger partial charge in [0, 0.05) is 18.0 Å². The molecule has 0 saturated heterocycles. The zero-order valence-corrected chi connectivity index (χ0v) is 18.3. The van der Waals surface area contributed by atoms with Gasteiger partial charge in [-0.3, -0.25) is 9.48 Å². The highest BCUT2D eigenvalue weighted by molar-refractivity contribution is 6.33. The summed E-state index contributed by atoms with van der Waals surface area (Å²) in [6, 6.07) is 13.9. The van der Waals surface area contributed by atoms with Crippen molar-refractivity contribution in [2.24, 2.45) is 0 Å². The molecule has 1 N–H and O–H groups in total. The van der Waals surface area contributed by atoms with E-state index in [1.165, 1.54) is 21.6 Å². The number of hydrogen-bond donors (Lipinski definition) is 1. The SMILES string of the molecule is Cc1ccc(C)c(OCn2ccc(C(=O)Nc3nn(Cc4ccccc4F)cc3Cl)n2)c1. The van der Waals surface area contributed by atoms with Crippen molar-refractivity contribution in [1.82, 2.24) is 19.6 Å². The number of carbonyl (C=O) groups is 1. The number of anilines is 1. The maximum absolute atomic E-state index is 13.9. The molecule has 0 atom stereocenters. The minimum absolute atomic E-state index is 0.162. The number of aryl methyl sites for hydroxylation is 2. The third-order valence-corrected chi connectivity index (χ3v) is 5.09. The molecule has 0 saturated carbocycles. The van der Waals surface area contributed by atoms with Gasteiger partial charge in [0.2, 0.25) is 0 Å². The normalized spacial score (nSPS) is 10.9. The Morgan fingerprint density at radius 1 is 1.12 bits per heavy atom. The third-order valence-electron chi connectivity index (χ3n) is 4.81. The number of halogens is 2. The Labute approximate surface area is 189 Å². The topological polar surface area (TPSA) is 74.0 Å². The average molecular weight is 454 g/mol. The number of rotatable bonds is 7. The lowest BCUT2D eigenvalue weighted by Crippen LogP contribution is -2.15.